The number of rotatable bonds is 5. The molecule has 4 aliphatic rings. The van der Waals surface area contributed by atoms with Gasteiger partial charge in [0.05, 0.1) is 23.0 Å². The van der Waals surface area contributed by atoms with E-state index in [1.54, 1.807) is 30.5 Å². The lowest BCUT2D eigenvalue weighted by molar-refractivity contribution is 0.0122. The Balaban J connectivity index is 1.21. The summed E-state index contributed by atoms with van der Waals surface area (Å²) in [6.07, 6.45) is 4.01. The molecule has 2 bridgehead atoms. The minimum atomic E-state index is -0.927. The van der Waals surface area contributed by atoms with Gasteiger partial charge in [-0.05, 0) is 76.6 Å². The van der Waals surface area contributed by atoms with E-state index in [4.69, 9.17) is 26.1 Å². The van der Waals surface area contributed by atoms with Gasteiger partial charge in [-0.2, -0.15) is 9.97 Å². The topological polar surface area (TPSA) is 104 Å². The highest BCUT2D eigenvalue weighted by atomic mass is 35.5. The second kappa shape index (κ2) is 11.8. The predicted octanol–water partition coefficient (Wildman–Crippen LogP) is 6.89. The van der Waals surface area contributed by atoms with Crippen LogP contribution in [-0.2, 0) is 4.74 Å². The molecule has 2 aromatic heterocycles. The summed E-state index contributed by atoms with van der Waals surface area (Å²) >= 11 is 6.60. The number of piperazine rings is 1. The molecular formula is C36H39ClF2N6O4. The normalized spacial score (nSPS) is 25.4. The van der Waals surface area contributed by atoms with Crippen LogP contribution < -0.4 is 9.64 Å². The van der Waals surface area contributed by atoms with E-state index in [1.165, 1.54) is 6.07 Å². The number of phenols is 1. The van der Waals surface area contributed by atoms with E-state index >= 15 is 4.39 Å². The third kappa shape index (κ3) is 5.66. The van der Waals surface area contributed by atoms with Crippen molar-refractivity contribution < 1.29 is 28.2 Å². The summed E-state index contributed by atoms with van der Waals surface area (Å²) in [5.41, 5.74) is -0.762. The summed E-state index contributed by atoms with van der Waals surface area (Å²) in [4.78, 5) is 33.2. The third-order valence-electron chi connectivity index (χ3n) is 10.4. The van der Waals surface area contributed by atoms with Crippen molar-refractivity contribution in [1.29, 1.82) is 0 Å². The summed E-state index contributed by atoms with van der Waals surface area (Å²) in [7, 11) is 0. The van der Waals surface area contributed by atoms with Crippen molar-refractivity contribution in [2.24, 2.45) is 0 Å². The van der Waals surface area contributed by atoms with E-state index in [-0.39, 0.29) is 47.8 Å². The summed E-state index contributed by atoms with van der Waals surface area (Å²) in [6.45, 7) is 7.84. The van der Waals surface area contributed by atoms with Crippen molar-refractivity contribution in [2.75, 3.05) is 37.7 Å². The third-order valence-corrected chi connectivity index (χ3v) is 10.7. The van der Waals surface area contributed by atoms with Crippen LogP contribution in [0.25, 0.3) is 32.9 Å². The minimum absolute atomic E-state index is 0.00559. The molecular weight excluding hydrogens is 654 g/mol. The van der Waals surface area contributed by atoms with Gasteiger partial charge in [0, 0.05) is 48.2 Å². The largest absolute Gasteiger partial charge is 0.508 e. The number of anilines is 1. The lowest BCUT2D eigenvalue weighted by Crippen LogP contribution is -2.57. The van der Waals surface area contributed by atoms with Crippen LogP contribution in [0.2, 0.25) is 5.02 Å². The fourth-order valence-corrected chi connectivity index (χ4v) is 8.69. The van der Waals surface area contributed by atoms with Gasteiger partial charge < -0.3 is 19.5 Å². The molecule has 2 aromatic carbocycles. The maximum absolute atomic E-state index is 16.9. The summed E-state index contributed by atoms with van der Waals surface area (Å²) < 4.78 is 43.5. The number of aromatic nitrogens is 3. The molecule has 4 fully saturated rings. The molecule has 0 spiro atoms. The van der Waals surface area contributed by atoms with Crippen LogP contribution in [0, 0.1) is 5.82 Å². The first-order valence-corrected chi connectivity index (χ1v) is 17.3. The zero-order valence-corrected chi connectivity index (χ0v) is 28.5. The second-order valence-electron chi connectivity index (χ2n) is 14.9. The monoisotopic (exact) mass is 692 g/mol. The van der Waals surface area contributed by atoms with Crippen molar-refractivity contribution in [3.8, 4) is 23.0 Å². The standard InChI is InChI=1S/C36H39ClF2N6O4/c1-35(2,3)49-34(47)45-22-8-9-23(45)18-43(17-22)32-26-15-40-30(25-13-24(46)12-20-6-4-7-27(37)28(20)25)29(39)31(26)41-33(42-32)48-19-36-10-5-11-44(36)16-21(38)14-36/h4,6-7,12-13,15,21-23,46H,5,8-11,14,16-19H2,1-3H3. The molecule has 49 heavy (non-hydrogen) atoms. The Labute approximate surface area is 288 Å². The number of hydrogen-bond acceptors (Lipinski definition) is 9. The van der Waals surface area contributed by atoms with E-state index < -0.39 is 23.1 Å². The molecule has 6 heterocycles. The maximum Gasteiger partial charge on any atom is 0.410 e. The van der Waals surface area contributed by atoms with Gasteiger partial charge in [-0.15, -0.1) is 0 Å². The fraction of sp³-hybridized carbons (Fsp3) is 0.500. The number of benzene rings is 2. The smallest absolute Gasteiger partial charge is 0.410 e. The van der Waals surface area contributed by atoms with Gasteiger partial charge in [-0.3, -0.25) is 14.8 Å². The number of fused-ring (bicyclic) bond motifs is 5. The molecule has 4 saturated heterocycles. The molecule has 0 radical (unpaired) electrons. The molecule has 0 saturated carbocycles. The summed E-state index contributed by atoms with van der Waals surface area (Å²) in [5, 5.41) is 12.5. The molecule has 258 valence electrons. The van der Waals surface area contributed by atoms with Gasteiger partial charge in [0.2, 0.25) is 0 Å². The Hall–Kier alpha value is -4.03. The van der Waals surface area contributed by atoms with Gasteiger partial charge in [-0.25, -0.2) is 13.6 Å². The quantitative estimate of drug-likeness (QED) is 0.240. The Morgan fingerprint density at radius 3 is 2.67 bits per heavy atom. The van der Waals surface area contributed by atoms with E-state index in [2.05, 4.69) is 19.8 Å². The van der Waals surface area contributed by atoms with Crippen molar-refractivity contribution in [3.63, 3.8) is 0 Å². The molecule has 4 aliphatic heterocycles. The van der Waals surface area contributed by atoms with E-state index in [1.807, 2.05) is 25.7 Å². The Bertz CT molecular complexity index is 1960. The molecule has 1 amide bonds. The minimum Gasteiger partial charge on any atom is -0.508 e. The number of phenolic OH excluding ortho intramolecular Hbond substituents is 1. The highest BCUT2D eigenvalue weighted by Gasteiger charge is 2.50. The fourth-order valence-electron chi connectivity index (χ4n) is 8.40. The van der Waals surface area contributed by atoms with Crippen LogP contribution in [0.1, 0.15) is 52.9 Å². The Morgan fingerprint density at radius 2 is 1.92 bits per heavy atom. The zero-order chi connectivity index (χ0) is 34.2. The lowest BCUT2D eigenvalue weighted by atomic mass is 9.95. The molecule has 0 aliphatic carbocycles. The molecule has 13 heteroatoms. The van der Waals surface area contributed by atoms with Crippen LogP contribution in [0.3, 0.4) is 0 Å². The number of alkyl halides is 1. The van der Waals surface area contributed by atoms with Crippen LogP contribution in [0.4, 0.5) is 19.4 Å². The number of carbonyl (C=O) groups is 1. The number of aromatic hydroxyl groups is 1. The molecule has 4 atom stereocenters. The first-order valence-electron chi connectivity index (χ1n) is 17.0. The van der Waals surface area contributed by atoms with Crippen LogP contribution in [-0.4, -0.2) is 98.1 Å². The van der Waals surface area contributed by atoms with Gasteiger partial charge >= 0.3 is 12.1 Å². The predicted molar refractivity (Wildman–Crippen MR) is 183 cm³/mol. The average molecular weight is 693 g/mol. The number of hydrogen-bond donors (Lipinski definition) is 1. The van der Waals surface area contributed by atoms with Crippen molar-refractivity contribution in [3.05, 3.63) is 47.4 Å². The van der Waals surface area contributed by atoms with E-state index in [0.717, 1.165) is 32.2 Å². The highest BCUT2D eigenvalue weighted by molar-refractivity contribution is 6.36. The maximum atomic E-state index is 16.9. The second-order valence-corrected chi connectivity index (χ2v) is 15.3. The SMILES string of the molecule is CC(C)(C)OC(=O)N1C2CCC1CN(c1nc(OCC34CCCN3CC(F)C4)nc3c(F)c(-c4cc(O)cc5cccc(Cl)c45)ncc13)C2. The summed E-state index contributed by atoms with van der Waals surface area (Å²) in [6, 6.07) is 8.02. The molecule has 4 unspecified atom stereocenters. The number of ether oxygens (including phenoxy) is 2. The lowest BCUT2D eigenvalue weighted by Gasteiger charge is -2.42. The first kappa shape index (κ1) is 32.2. The van der Waals surface area contributed by atoms with E-state index in [9.17, 15) is 14.3 Å². The number of halogens is 3. The van der Waals surface area contributed by atoms with Crippen molar-refractivity contribution in [2.45, 2.75) is 82.3 Å². The van der Waals surface area contributed by atoms with Crippen molar-refractivity contribution in [1.82, 2.24) is 24.8 Å². The number of nitrogens with zero attached hydrogens (tertiary/aromatic N) is 6. The summed E-state index contributed by atoms with van der Waals surface area (Å²) in [5.74, 6) is -0.313. The average Bonchev–Trinajstić information content (AvgIpc) is 3.65. The molecule has 8 rings (SSSR count). The van der Waals surface area contributed by atoms with Crippen LogP contribution in [0.5, 0.6) is 11.8 Å². The number of pyridine rings is 1. The first-order chi connectivity index (χ1) is 23.4. The number of amides is 1. The Morgan fingerprint density at radius 1 is 1.14 bits per heavy atom. The van der Waals surface area contributed by atoms with Crippen LogP contribution in [0.15, 0.2) is 36.5 Å². The van der Waals surface area contributed by atoms with Crippen molar-refractivity contribution >= 4 is 45.2 Å². The van der Waals surface area contributed by atoms with Gasteiger partial charge in [0.1, 0.15) is 41.2 Å². The number of carbonyl (C=O) groups excluding carboxylic acids is 1. The van der Waals surface area contributed by atoms with Gasteiger partial charge in [0.15, 0.2) is 5.82 Å². The van der Waals surface area contributed by atoms with Gasteiger partial charge in [-0.1, -0.05) is 23.7 Å². The highest BCUT2D eigenvalue weighted by Crippen LogP contribution is 2.43. The molecule has 10 nitrogen and oxygen atoms in total. The molecule has 4 aromatic rings. The Kier molecular flexibility index (Phi) is 7.75. The van der Waals surface area contributed by atoms with Crippen LogP contribution >= 0.6 is 11.6 Å². The van der Waals surface area contributed by atoms with Gasteiger partial charge in [0.25, 0.3) is 0 Å². The molecule has 1 N–H and O–H groups in total. The van der Waals surface area contributed by atoms with E-state index in [0.29, 0.717) is 58.6 Å². The zero-order valence-electron chi connectivity index (χ0n) is 27.8.